The number of amides is 1. The zero-order valence-electron chi connectivity index (χ0n) is 23.9. The molecule has 1 saturated heterocycles. The fourth-order valence-electron chi connectivity index (χ4n) is 5.11. The summed E-state index contributed by atoms with van der Waals surface area (Å²) in [6, 6.07) is 19.6. The normalized spacial score (nSPS) is 21.2. The molecule has 226 valence electrons. The fourth-order valence-corrected chi connectivity index (χ4v) is 6.13. The van der Waals surface area contributed by atoms with E-state index in [9.17, 15) is 19.5 Å². The number of fused-ring (bicyclic) bond motifs is 1. The van der Waals surface area contributed by atoms with E-state index in [1.54, 1.807) is 11.7 Å². The predicted molar refractivity (Wildman–Crippen MR) is 156 cm³/mol. The largest absolute Gasteiger partial charge is 0.392 e. The molecular formula is C31H29N5O7S. The molecule has 13 heteroatoms. The monoisotopic (exact) mass is 615 g/mol. The lowest BCUT2D eigenvalue weighted by Crippen LogP contribution is -2.38. The van der Waals surface area contributed by atoms with Crippen molar-refractivity contribution in [3.63, 3.8) is 0 Å². The lowest BCUT2D eigenvalue weighted by Gasteiger charge is -2.41. The number of nitrogens with zero attached hydrogens (tertiary/aromatic N) is 4. The van der Waals surface area contributed by atoms with E-state index in [1.165, 1.54) is 30.0 Å². The summed E-state index contributed by atoms with van der Waals surface area (Å²) < 4.78 is 19.2. The molecule has 1 aromatic heterocycles. The number of thioether (sulfide) groups is 1. The van der Waals surface area contributed by atoms with Gasteiger partial charge in [-0.15, -0.1) is 5.10 Å². The van der Waals surface area contributed by atoms with Crippen LogP contribution in [0.15, 0.2) is 71.9 Å². The second-order valence-corrected chi connectivity index (χ2v) is 11.6. The number of cyclic esters (lactones) is 2. The van der Waals surface area contributed by atoms with Crippen molar-refractivity contribution in [2.75, 3.05) is 5.75 Å². The molecule has 4 aromatic rings. The van der Waals surface area contributed by atoms with Crippen LogP contribution in [0, 0.1) is 5.92 Å². The molecule has 4 atom stereocenters. The highest BCUT2D eigenvalue weighted by Crippen LogP contribution is 2.42. The topological polar surface area (TPSA) is 155 Å². The number of aliphatic hydroxyl groups excluding tert-OH is 1. The average molecular weight is 616 g/mol. The van der Waals surface area contributed by atoms with E-state index in [1.807, 2.05) is 48.5 Å². The predicted octanol–water partition coefficient (Wildman–Crippen LogP) is 3.53. The van der Waals surface area contributed by atoms with E-state index in [4.69, 9.17) is 9.47 Å². The molecule has 3 heterocycles. The minimum atomic E-state index is -0.757. The van der Waals surface area contributed by atoms with Gasteiger partial charge in [-0.1, -0.05) is 67.2 Å². The van der Waals surface area contributed by atoms with Crippen molar-refractivity contribution < 1.29 is 33.7 Å². The van der Waals surface area contributed by atoms with Crippen LogP contribution in [0.5, 0.6) is 0 Å². The molecule has 0 spiro atoms. The molecule has 1 fully saturated rings. The first-order chi connectivity index (χ1) is 21.3. The van der Waals surface area contributed by atoms with Gasteiger partial charge in [-0.2, -0.15) is 0 Å². The third kappa shape index (κ3) is 6.13. The van der Waals surface area contributed by atoms with E-state index in [2.05, 4.69) is 32.5 Å². The summed E-state index contributed by atoms with van der Waals surface area (Å²) in [6.45, 7) is 2.30. The number of nitrogens with one attached hydrogen (secondary N) is 1. The number of esters is 2. The van der Waals surface area contributed by atoms with Gasteiger partial charge in [0.1, 0.15) is 0 Å². The van der Waals surface area contributed by atoms with Crippen molar-refractivity contribution >= 4 is 29.6 Å². The Labute approximate surface area is 256 Å². The maximum atomic E-state index is 12.7. The van der Waals surface area contributed by atoms with Crippen molar-refractivity contribution in [2.45, 2.75) is 43.7 Å². The van der Waals surface area contributed by atoms with Crippen molar-refractivity contribution in [2.24, 2.45) is 13.0 Å². The van der Waals surface area contributed by atoms with Gasteiger partial charge in [0.05, 0.1) is 29.9 Å². The zero-order chi connectivity index (χ0) is 30.8. The van der Waals surface area contributed by atoms with Crippen molar-refractivity contribution in [1.82, 2.24) is 25.5 Å². The quantitative estimate of drug-likeness (QED) is 0.161. The first kappa shape index (κ1) is 29.6. The minimum absolute atomic E-state index is 0.00796. The van der Waals surface area contributed by atoms with Crippen molar-refractivity contribution in [3.8, 4) is 0 Å². The average Bonchev–Trinajstić information content (AvgIpc) is 3.59. The molecular weight excluding hydrogens is 586 g/mol. The van der Waals surface area contributed by atoms with Crippen LogP contribution >= 0.6 is 11.8 Å². The van der Waals surface area contributed by atoms with Crippen LogP contribution in [0.25, 0.3) is 0 Å². The zero-order valence-corrected chi connectivity index (χ0v) is 24.7. The summed E-state index contributed by atoms with van der Waals surface area (Å²) in [6.07, 6.45) is -1.09. The molecule has 1 amide bonds. The van der Waals surface area contributed by atoms with Gasteiger partial charge in [0.15, 0.2) is 6.29 Å². The van der Waals surface area contributed by atoms with E-state index < -0.39 is 18.2 Å². The van der Waals surface area contributed by atoms with Crippen LogP contribution in [-0.4, -0.2) is 55.0 Å². The number of benzene rings is 3. The third-order valence-corrected chi connectivity index (χ3v) is 8.79. The van der Waals surface area contributed by atoms with Gasteiger partial charge >= 0.3 is 11.9 Å². The maximum Gasteiger partial charge on any atom is 0.346 e. The number of aryl methyl sites for hydroxylation is 1. The molecule has 4 unspecified atom stereocenters. The van der Waals surface area contributed by atoms with E-state index in [-0.39, 0.29) is 53.9 Å². The number of carbonyl (C=O) groups excluding carboxylic acids is 3. The Hall–Kier alpha value is -4.43. The smallest absolute Gasteiger partial charge is 0.346 e. The number of rotatable bonds is 9. The molecule has 2 aliphatic rings. The van der Waals surface area contributed by atoms with Crippen LogP contribution in [0.2, 0.25) is 0 Å². The highest BCUT2D eigenvalue weighted by Gasteiger charge is 2.38. The Bertz CT molecular complexity index is 1690. The highest BCUT2D eigenvalue weighted by atomic mass is 32.2. The second kappa shape index (κ2) is 12.7. The summed E-state index contributed by atoms with van der Waals surface area (Å²) >= 11 is 1.51. The van der Waals surface area contributed by atoms with Crippen LogP contribution in [-0.2, 0) is 34.4 Å². The second-order valence-electron chi connectivity index (χ2n) is 10.6. The van der Waals surface area contributed by atoms with E-state index in [0.29, 0.717) is 10.9 Å². The van der Waals surface area contributed by atoms with Crippen LogP contribution < -0.4 is 5.32 Å². The van der Waals surface area contributed by atoms with Gasteiger partial charge in [-0.05, 0) is 45.3 Å². The molecule has 12 nitrogen and oxygen atoms in total. The van der Waals surface area contributed by atoms with Gasteiger partial charge in [0, 0.05) is 36.4 Å². The standard InChI is InChI=1S/C31H29N5O7S/c1-17-25(16-44-31-33-34-35-36(31)2)41-30(42-26(17)20-7-5-19(15-37)6-8-20)21-9-3-18(4-10-21)14-32-27(38)22-11-12-23-24(13-22)29(40)43-28(23)39/h3-13,17,25-26,30,37H,14-16H2,1-2H3,(H,32,38). The summed E-state index contributed by atoms with van der Waals surface area (Å²) in [7, 11) is 1.79. The molecule has 6 rings (SSSR count). The summed E-state index contributed by atoms with van der Waals surface area (Å²) in [5, 5.41) is 24.7. The molecule has 3 aromatic carbocycles. The Kier molecular flexibility index (Phi) is 8.53. The SMILES string of the molecule is CC1C(CSc2nnnn2C)OC(c2ccc(CNC(=O)c3ccc4c(c3)C(=O)OC4=O)cc2)OC1c1ccc(CO)cc1. The minimum Gasteiger partial charge on any atom is -0.392 e. The van der Waals surface area contributed by atoms with Crippen LogP contribution in [0.4, 0.5) is 0 Å². The van der Waals surface area contributed by atoms with Gasteiger partial charge in [-0.3, -0.25) is 4.79 Å². The van der Waals surface area contributed by atoms with E-state index >= 15 is 0 Å². The number of aliphatic hydroxyl groups is 1. The highest BCUT2D eigenvalue weighted by molar-refractivity contribution is 7.99. The number of hydrogen-bond donors (Lipinski definition) is 2. The Morgan fingerprint density at radius 1 is 0.955 bits per heavy atom. The first-order valence-corrected chi connectivity index (χ1v) is 14.9. The lowest BCUT2D eigenvalue weighted by molar-refractivity contribution is -0.268. The van der Waals surface area contributed by atoms with Crippen LogP contribution in [0.1, 0.15) is 72.6 Å². The number of hydrogen-bond acceptors (Lipinski definition) is 11. The number of tetrazole rings is 1. The molecule has 0 saturated carbocycles. The Balaban J connectivity index is 1.15. The van der Waals surface area contributed by atoms with Gasteiger partial charge < -0.3 is 24.6 Å². The van der Waals surface area contributed by atoms with Gasteiger partial charge in [0.2, 0.25) is 5.16 Å². The molecule has 0 aliphatic carbocycles. The number of carbonyl (C=O) groups is 3. The molecule has 2 N–H and O–H groups in total. The first-order valence-electron chi connectivity index (χ1n) is 13.9. The summed E-state index contributed by atoms with van der Waals surface area (Å²) in [5.74, 6) is -1.23. The summed E-state index contributed by atoms with van der Waals surface area (Å²) in [4.78, 5) is 36.3. The number of aromatic nitrogens is 4. The summed E-state index contributed by atoms with van der Waals surface area (Å²) in [5.41, 5.74) is 3.97. The molecule has 2 aliphatic heterocycles. The Morgan fingerprint density at radius 2 is 1.66 bits per heavy atom. The van der Waals surface area contributed by atoms with Gasteiger partial charge in [0.25, 0.3) is 5.91 Å². The van der Waals surface area contributed by atoms with Crippen LogP contribution in [0.3, 0.4) is 0 Å². The molecule has 0 bridgehead atoms. The van der Waals surface area contributed by atoms with Gasteiger partial charge in [-0.25, -0.2) is 14.3 Å². The fraction of sp³-hybridized carbons (Fsp3) is 0.290. The molecule has 44 heavy (non-hydrogen) atoms. The lowest BCUT2D eigenvalue weighted by atomic mass is 9.91. The Morgan fingerprint density at radius 3 is 2.36 bits per heavy atom. The third-order valence-electron chi connectivity index (χ3n) is 7.69. The molecule has 0 radical (unpaired) electrons. The van der Waals surface area contributed by atoms with E-state index in [0.717, 1.165) is 22.3 Å². The maximum absolute atomic E-state index is 12.7. The number of ether oxygens (including phenoxy) is 3. The van der Waals surface area contributed by atoms with Crippen molar-refractivity contribution in [3.05, 3.63) is 106 Å². The van der Waals surface area contributed by atoms with Crippen molar-refractivity contribution in [1.29, 1.82) is 0 Å².